The highest BCUT2D eigenvalue weighted by molar-refractivity contribution is 14.1. The van der Waals surface area contributed by atoms with Crippen molar-refractivity contribution in [3.8, 4) is 0 Å². The van der Waals surface area contributed by atoms with Crippen molar-refractivity contribution in [1.82, 2.24) is 4.90 Å². The first-order valence-electron chi connectivity index (χ1n) is 27.9. The minimum Gasteiger partial charge on any atom is -0.465 e. The first-order chi connectivity index (χ1) is 30.5. The van der Waals surface area contributed by atoms with Crippen LogP contribution < -0.4 is 0 Å². The third kappa shape index (κ3) is 64.4. The Morgan fingerprint density at radius 2 is 0.726 bits per heavy atom. The zero-order valence-electron chi connectivity index (χ0n) is 44.9. The number of nitrogens with zero attached hydrogens (tertiary/aromatic N) is 1. The number of hydrogen-bond acceptors (Lipinski definition) is 5. The van der Waals surface area contributed by atoms with Crippen LogP contribution in [0.1, 0.15) is 293 Å². The Balaban J connectivity index is -0.000000351. The molecule has 380 valence electrons. The van der Waals surface area contributed by atoms with E-state index in [0.717, 1.165) is 57.7 Å². The van der Waals surface area contributed by atoms with Crippen LogP contribution in [0, 0.1) is 11.8 Å². The number of esters is 1. The van der Waals surface area contributed by atoms with Crippen molar-refractivity contribution in [1.29, 1.82) is 0 Å². The SMILES string of the molecule is CC.CC.CCCCCCCCC(CCCCCC)COC(=O)CCCCCN(CCCCO)CCCCCC.CCCCCCCCCC(CCCCCCC)COC.CI. The van der Waals surface area contributed by atoms with Crippen molar-refractivity contribution in [3.63, 3.8) is 0 Å². The molecule has 0 saturated heterocycles. The summed E-state index contributed by atoms with van der Waals surface area (Å²) < 4.78 is 11.1. The molecule has 2 atom stereocenters. The van der Waals surface area contributed by atoms with E-state index in [4.69, 9.17) is 14.6 Å². The normalized spacial score (nSPS) is 11.6. The number of alkyl halides is 1. The largest absolute Gasteiger partial charge is 0.465 e. The van der Waals surface area contributed by atoms with Crippen LogP contribution in [0.15, 0.2) is 0 Å². The van der Waals surface area contributed by atoms with Gasteiger partial charge < -0.3 is 19.5 Å². The maximum absolute atomic E-state index is 12.4. The first kappa shape index (κ1) is 71.1. The number of rotatable bonds is 45. The molecule has 0 aliphatic rings. The van der Waals surface area contributed by atoms with Gasteiger partial charge in [0.1, 0.15) is 0 Å². The van der Waals surface area contributed by atoms with E-state index in [1.807, 2.05) is 39.7 Å². The van der Waals surface area contributed by atoms with Gasteiger partial charge in [0.2, 0.25) is 0 Å². The molecule has 0 aromatic heterocycles. The molecule has 1 N–H and O–H groups in total. The van der Waals surface area contributed by atoms with Crippen LogP contribution in [0.2, 0.25) is 0 Å². The highest BCUT2D eigenvalue weighted by Crippen LogP contribution is 2.21. The van der Waals surface area contributed by atoms with Crippen molar-refractivity contribution in [3.05, 3.63) is 0 Å². The highest BCUT2D eigenvalue weighted by Gasteiger charge is 2.13. The number of halogens is 1. The van der Waals surface area contributed by atoms with Crippen molar-refractivity contribution < 1.29 is 19.4 Å². The van der Waals surface area contributed by atoms with E-state index in [-0.39, 0.29) is 5.97 Å². The third-order valence-corrected chi connectivity index (χ3v) is 11.8. The van der Waals surface area contributed by atoms with Crippen LogP contribution in [-0.4, -0.2) is 67.5 Å². The topological polar surface area (TPSA) is 59.0 Å². The fourth-order valence-corrected chi connectivity index (χ4v) is 7.97. The average molecular weight is 998 g/mol. The molecule has 0 heterocycles. The average Bonchev–Trinajstić information content (AvgIpc) is 3.30. The van der Waals surface area contributed by atoms with Gasteiger partial charge in [0.15, 0.2) is 0 Å². The van der Waals surface area contributed by atoms with Crippen LogP contribution in [0.5, 0.6) is 0 Å². The van der Waals surface area contributed by atoms with Gasteiger partial charge in [0.25, 0.3) is 0 Å². The van der Waals surface area contributed by atoms with Gasteiger partial charge in [-0.25, -0.2) is 0 Å². The monoisotopic (exact) mass is 998 g/mol. The van der Waals surface area contributed by atoms with Crippen LogP contribution in [0.3, 0.4) is 0 Å². The summed E-state index contributed by atoms with van der Waals surface area (Å²) in [6, 6.07) is 0. The molecule has 0 spiro atoms. The second-order valence-corrected chi connectivity index (χ2v) is 17.5. The standard InChI is InChI=1S/C32H65NO3.C19H40O.2C2H6.CH3I/c1-4-7-10-13-14-17-24-31(23-16-11-8-5-2)30-36-32(35)25-18-15-20-27-33(28-21-22-29-34)26-19-12-9-6-3;1-4-6-8-10-11-13-15-17-19(18-20-3)16-14-12-9-7-5-2;3*1-2/h31,34H,4-30H2,1-3H3;19H,4-18H2,1-3H3;2*1-2H3;1H3. The second kappa shape index (κ2) is 70.1. The van der Waals surface area contributed by atoms with E-state index in [0.29, 0.717) is 25.6 Å². The first-order valence-corrected chi connectivity index (χ1v) is 30.0. The van der Waals surface area contributed by atoms with Gasteiger partial charge in [0, 0.05) is 26.7 Å². The maximum Gasteiger partial charge on any atom is 0.305 e. The Bertz CT molecular complexity index is 726. The van der Waals surface area contributed by atoms with Gasteiger partial charge in [-0.2, -0.15) is 0 Å². The molecule has 0 aliphatic heterocycles. The summed E-state index contributed by atoms with van der Waals surface area (Å²) in [5, 5.41) is 9.09. The van der Waals surface area contributed by atoms with Crippen LogP contribution in [0.25, 0.3) is 0 Å². The summed E-state index contributed by atoms with van der Waals surface area (Å²) in [7, 11) is 1.86. The fraction of sp³-hybridized carbons (Fsp3) is 0.982. The number of ether oxygens (including phenoxy) is 2. The molecule has 5 nitrogen and oxygen atoms in total. The predicted octanol–water partition coefficient (Wildman–Crippen LogP) is 18.9. The quantitative estimate of drug-likeness (QED) is 0.0285. The van der Waals surface area contributed by atoms with E-state index in [1.54, 1.807) is 0 Å². The number of hydrogen-bond donors (Lipinski definition) is 1. The number of methoxy groups -OCH3 is 1. The summed E-state index contributed by atoms with van der Waals surface area (Å²) in [6.07, 6.45) is 46.3. The molecule has 0 rings (SSSR count). The highest BCUT2D eigenvalue weighted by atomic mass is 127. The van der Waals surface area contributed by atoms with Crippen molar-refractivity contribution in [2.75, 3.05) is 51.5 Å². The smallest absolute Gasteiger partial charge is 0.305 e. The number of aliphatic hydroxyl groups is 1. The number of carbonyl (C=O) groups excluding carboxylic acids is 1. The van der Waals surface area contributed by atoms with Gasteiger partial charge in [0.05, 0.1) is 6.61 Å². The Morgan fingerprint density at radius 1 is 0.435 bits per heavy atom. The Labute approximate surface area is 407 Å². The molecule has 0 aromatic rings. The molecule has 0 aliphatic carbocycles. The lowest BCUT2D eigenvalue weighted by Crippen LogP contribution is -2.27. The molecular formula is C56H120INO4. The molecule has 62 heavy (non-hydrogen) atoms. The number of carbonyl (C=O) groups is 1. The van der Waals surface area contributed by atoms with Crippen LogP contribution in [0.4, 0.5) is 0 Å². The van der Waals surface area contributed by atoms with Gasteiger partial charge in [-0.05, 0) is 94.2 Å². The summed E-state index contributed by atoms with van der Waals surface area (Å²) in [5.74, 6) is 1.38. The molecule has 0 fully saturated rings. The maximum atomic E-state index is 12.4. The van der Waals surface area contributed by atoms with E-state index < -0.39 is 0 Å². The Hall–Kier alpha value is 0.0800. The van der Waals surface area contributed by atoms with E-state index in [9.17, 15) is 4.79 Å². The molecule has 0 radical (unpaired) electrons. The van der Waals surface area contributed by atoms with Crippen molar-refractivity contribution >= 4 is 28.6 Å². The van der Waals surface area contributed by atoms with Crippen molar-refractivity contribution in [2.24, 2.45) is 11.8 Å². The molecule has 0 aromatic carbocycles. The number of unbranched alkanes of at least 4 members (excludes halogenated alkanes) is 24. The lowest BCUT2D eigenvalue weighted by molar-refractivity contribution is -0.145. The molecule has 0 saturated carbocycles. The van der Waals surface area contributed by atoms with E-state index >= 15 is 0 Å². The van der Waals surface area contributed by atoms with E-state index in [2.05, 4.69) is 62.1 Å². The van der Waals surface area contributed by atoms with Gasteiger partial charge in [-0.1, -0.05) is 252 Å². The van der Waals surface area contributed by atoms with Gasteiger partial charge in [-0.3, -0.25) is 4.79 Å². The fourth-order valence-electron chi connectivity index (χ4n) is 7.97. The molecular weight excluding hydrogens is 878 g/mol. The van der Waals surface area contributed by atoms with Gasteiger partial charge >= 0.3 is 5.97 Å². The summed E-state index contributed by atoms with van der Waals surface area (Å²) in [4.78, 5) is 16.9. The zero-order valence-corrected chi connectivity index (χ0v) is 47.0. The summed E-state index contributed by atoms with van der Waals surface area (Å²) in [5.41, 5.74) is 0. The second-order valence-electron chi connectivity index (χ2n) is 17.5. The Morgan fingerprint density at radius 3 is 1.08 bits per heavy atom. The van der Waals surface area contributed by atoms with Crippen LogP contribution in [-0.2, 0) is 14.3 Å². The minimum atomic E-state index is 0.0101. The van der Waals surface area contributed by atoms with E-state index in [1.165, 1.54) is 199 Å². The molecule has 6 heteroatoms. The molecule has 2 unspecified atom stereocenters. The van der Waals surface area contributed by atoms with Gasteiger partial charge in [-0.15, -0.1) is 0 Å². The Kier molecular flexibility index (Phi) is 80.4. The van der Waals surface area contributed by atoms with Crippen LogP contribution >= 0.6 is 22.6 Å². The lowest BCUT2D eigenvalue weighted by atomic mass is 9.95. The minimum absolute atomic E-state index is 0.0101. The zero-order chi connectivity index (χ0) is 47.4. The third-order valence-electron chi connectivity index (χ3n) is 11.8. The van der Waals surface area contributed by atoms with Crippen molar-refractivity contribution in [2.45, 2.75) is 293 Å². The molecule has 0 amide bonds. The molecule has 0 bridgehead atoms. The predicted molar refractivity (Wildman–Crippen MR) is 291 cm³/mol. The summed E-state index contributed by atoms with van der Waals surface area (Å²) >= 11 is 2.15. The number of aliphatic hydroxyl groups excluding tert-OH is 1. The lowest BCUT2D eigenvalue weighted by Gasteiger charge is -2.22. The summed E-state index contributed by atoms with van der Waals surface area (Å²) in [6.45, 7) is 24.6.